The lowest BCUT2D eigenvalue weighted by atomic mass is 10.2. The van der Waals surface area contributed by atoms with Gasteiger partial charge in [-0.1, -0.05) is 41.9 Å². The lowest BCUT2D eigenvalue weighted by molar-refractivity contribution is 0.811. The molecule has 0 fully saturated rings. The van der Waals surface area contributed by atoms with Crippen LogP contribution < -0.4 is 0 Å². The van der Waals surface area contributed by atoms with Gasteiger partial charge in [0.15, 0.2) is 14.6 Å². The van der Waals surface area contributed by atoms with Crippen LogP contribution in [0.15, 0.2) is 36.7 Å². The highest BCUT2D eigenvalue weighted by Crippen LogP contribution is 2.20. The van der Waals surface area contributed by atoms with E-state index in [1.807, 2.05) is 22.8 Å². The molecule has 0 unspecified atom stereocenters. The summed E-state index contributed by atoms with van der Waals surface area (Å²) < 4.78 is 2.60. The highest BCUT2D eigenvalue weighted by molar-refractivity contribution is 14.1. The Hall–Kier alpha value is -1.21. The van der Waals surface area contributed by atoms with Gasteiger partial charge < -0.3 is 4.57 Å². The van der Waals surface area contributed by atoms with E-state index in [2.05, 4.69) is 49.7 Å². The Morgan fingerprint density at radius 3 is 2.72 bits per heavy atom. The fourth-order valence-corrected chi connectivity index (χ4v) is 2.61. The number of hydrogen-bond acceptors (Lipinski definition) is 3. The van der Waals surface area contributed by atoms with Crippen molar-refractivity contribution >= 4 is 45.4 Å². The predicted molar refractivity (Wildman–Crippen MR) is 78.6 cm³/mol. The molecule has 0 saturated heterocycles. The molecule has 0 atom stereocenters. The summed E-state index contributed by atoms with van der Waals surface area (Å²) in [6.07, 6.45) is 1.74. The molecule has 2 heterocycles. The fraction of sp³-hybridized carbons (Fsp3) is 0.0833. The molecule has 90 valence electrons. The van der Waals surface area contributed by atoms with Crippen LogP contribution in [0.4, 0.5) is 0 Å². The van der Waals surface area contributed by atoms with Crippen LogP contribution in [0.5, 0.6) is 0 Å². The third-order valence-corrected chi connectivity index (χ3v) is 3.34. The van der Waals surface area contributed by atoms with Crippen molar-refractivity contribution in [2.45, 2.75) is 6.54 Å². The lowest BCUT2D eigenvalue weighted by Gasteiger charge is -2.03. The van der Waals surface area contributed by atoms with Gasteiger partial charge in [-0.25, -0.2) is 15.0 Å². The van der Waals surface area contributed by atoms with E-state index in [1.165, 1.54) is 5.56 Å². The predicted octanol–water partition coefficient (Wildman–Crippen LogP) is 3.13. The van der Waals surface area contributed by atoms with Gasteiger partial charge in [-0.15, -0.1) is 0 Å². The topological polar surface area (TPSA) is 43.6 Å². The summed E-state index contributed by atoms with van der Waals surface area (Å²) in [7, 11) is 0. The zero-order chi connectivity index (χ0) is 12.5. The number of fused-ring (bicyclic) bond motifs is 1. The molecule has 1 aromatic carbocycles. The minimum atomic E-state index is 0.399. The second-order valence-electron chi connectivity index (χ2n) is 3.81. The smallest absolute Gasteiger partial charge is 0.194 e. The minimum Gasteiger partial charge on any atom is -0.311 e. The molecule has 0 amide bonds. The quantitative estimate of drug-likeness (QED) is 0.395. The maximum Gasteiger partial charge on any atom is 0.194 e. The first kappa shape index (κ1) is 11.9. The van der Waals surface area contributed by atoms with Gasteiger partial charge in [0.2, 0.25) is 0 Å². The second-order valence-corrected chi connectivity index (χ2v) is 5.14. The Morgan fingerprint density at radius 2 is 1.94 bits per heavy atom. The van der Waals surface area contributed by atoms with Gasteiger partial charge in [0.25, 0.3) is 0 Å². The number of aromatic nitrogens is 4. The SMILES string of the molecule is Clc1nc(I)nc2c1ncn2Cc1ccccc1. The van der Waals surface area contributed by atoms with Gasteiger partial charge in [-0.05, 0) is 5.56 Å². The van der Waals surface area contributed by atoms with E-state index in [0.717, 1.165) is 12.2 Å². The Morgan fingerprint density at radius 1 is 1.17 bits per heavy atom. The number of benzene rings is 1. The van der Waals surface area contributed by atoms with Crippen LogP contribution in [0.25, 0.3) is 11.2 Å². The van der Waals surface area contributed by atoms with Gasteiger partial charge in [0, 0.05) is 22.6 Å². The van der Waals surface area contributed by atoms with Crippen LogP contribution in [0, 0.1) is 3.83 Å². The molecule has 0 radical (unpaired) electrons. The van der Waals surface area contributed by atoms with Crippen molar-refractivity contribution in [2.75, 3.05) is 0 Å². The van der Waals surface area contributed by atoms with E-state index in [4.69, 9.17) is 11.6 Å². The normalized spacial score (nSPS) is 11.0. The summed E-state index contributed by atoms with van der Waals surface area (Å²) in [5, 5.41) is 0.399. The maximum atomic E-state index is 6.05. The highest BCUT2D eigenvalue weighted by Gasteiger charge is 2.10. The Balaban J connectivity index is 2.08. The van der Waals surface area contributed by atoms with Crippen LogP contribution in [0.1, 0.15) is 5.56 Å². The number of nitrogens with zero attached hydrogens (tertiary/aromatic N) is 4. The summed E-state index contributed by atoms with van der Waals surface area (Å²) in [6.45, 7) is 0.723. The summed E-state index contributed by atoms with van der Waals surface area (Å²) in [4.78, 5) is 12.7. The Kier molecular flexibility index (Phi) is 3.17. The van der Waals surface area contributed by atoms with Crippen molar-refractivity contribution in [3.8, 4) is 0 Å². The summed E-state index contributed by atoms with van der Waals surface area (Å²) in [5.41, 5.74) is 2.61. The second kappa shape index (κ2) is 4.81. The Bertz CT molecular complexity index is 696. The molecular formula is C12H8ClIN4. The van der Waals surface area contributed by atoms with Crippen LogP contribution in [0.2, 0.25) is 5.15 Å². The van der Waals surface area contributed by atoms with Crippen molar-refractivity contribution in [1.82, 2.24) is 19.5 Å². The van der Waals surface area contributed by atoms with Gasteiger partial charge in [0.1, 0.15) is 5.52 Å². The molecule has 3 rings (SSSR count). The molecule has 4 nitrogen and oxygen atoms in total. The van der Waals surface area contributed by atoms with Crippen molar-refractivity contribution in [3.05, 3.63) is 51.2 Å². The van der Waals surface area contributed by atoms with Crippen molar-refractivity contribution in [3.63, 3.8) is 0 Å². The minimum absolute atomic E-state index is 0.399. The molecule has 3 aromatic rings. The standard InChI is InChI=1S/C12H8ClIN4/c13-10-9-11(17-12(14)16-10)18(7-15-9)6-8-4-2-1-3-5-8/h1-5,7H,6H2. The molecule has 0 saturated carbocycles. The molecule has 18 heavy (non-hydrogen) atoms. The van der Waals surface area contributed by atoms with E-state index in [0.29, 0.717) is 14.5 Å². The summed E-state index contributed by atoms with van der Waals surface area (Å²) in [5.74, 6) is 0. The first-order valence-corrected chi connectivity index (χ1v) is 6.77. The van der Waals surface area contributed by atoms with E-state index in [1.54, 1.807) is 6.33 Å². The largest absolute Gasteiger partial charge is 0.311 e. The summed E-state index contributed by atoms with van der Waals surface area (Å²) >= 11 is 8.10. The number of halogens is 2. The molecule has 6 heteroatoms. The zero-order valence-corrected chi connectivity index (χ0v) is 12.1. The number of hydrogen-bond donors (Lipinski definition) is 0. The molecule has 0 spiro atoms. The van der Waals surface area contributed by atoms with Crippen LogP contribution in [-0.4, -0.2) is 19.5 Å². The average molecular weight is 371 g/mol. The molecular weight excluding hydrogens is 363 g/mol. The van der Waals surface area contributed by atoms with E-state index in [-0.39, 0.29) is 0 Å². The van der Waals surface area contributed by atoms with E-state index < -0.39 is 0 Å². The highest BCUT2D eigenvalue weighted by atomic mass is 127. The zero-order valence-electron chi connectivity index (χ0n) is 9.22. The van der Waals surface area contributed by atoms with Gasteiger partial charge in [0.05, 0.1) is 12.9 Å². The van der Waals surface area contributed by atoms with Crippen LogP contribution >= 0.6 is 34.2 Å². The summed E-state index contributed by atoms with van der Waals surface area (Å²) in [6, 6.07) is 10.2. The molecule has 0 aliphatic rings. The van der Waals surface area contributed by atoms with Gasteiger partial charge in [-0.2, -0.15) is 0 Å². The fourth-order valence-electron chi connectivity index (χ4n) is 1.78. The van der Waals surface area contributed by atoms with Crippen molar-refractivity contribution in [2.24, 2.45) is 0 Å². The molecule has 0 aliphatic carbocycles. The number of rotatable bonds is 2. The molecule has 0 bridgehead atoms. The molecule has 2 aromatic heterocycles. The third-order valence-electron chi connectivity index (χ3n) is 2.59. The van der Waals surface area contributed by atoms with Crippen LogP contribution in [-0.2, 0) is 6.54 Å². The van der Waals surface area contributed by atoms with Gasteiger partial charge >= 0.3 is 0 Å². The van der Waals surface area contributed by atoms with Crippen molar-refractivity contribution < 1.29 is 0 Å². The maximum absolute atomic E-state index is 6.05. The third kappa shape index (κ3) is 2.20. The molecule has 0 N–H and O–H groups in total. The van der Waals surface area contributed by atoms with Crippen LogP contribution in [0.3, 0.4) is 0 Å². The number of imidazole rings is 1. The monoisotopic (exact) mass is 370 g/mol. The van der Waals surface area contributed by atoms with E-state index in [9.17, 15) is 0 Å². The first-order chi connectivity index (χ1) is 8.74. The average Bonchev–Trinajstić information content (AvgIpc) is 2.74. The van der Waals surface area contributed by atoms with E-state index >= 15 is 0 Å². The van der Waals surface area contributed by atoms with Crippen molar-refractivity contribution in [1.29, 1.82) is 0 Å². The first-order valence-electron chi connectivity index (χ1n) is 5.32. The lowest BCUT2D eigenvalue weighted by Crippen LogP contribution is -2.00. The Labute approximate surface area is 122 Å². The molecule has 0 aliphatic heterocycles. The van der Waals surface area contributed by atoms with Gasteiger partial charge in [-0.3, -0.25) is 0 Å².